The molecule has 2 unspecified atom stereocenters. The summed E-state index contributed by atoms with van der Waals surface area (Å²) in [6, 6.07) is 7.19. The molecule has 0 bridgehead atoms. The third kappa shape index (κ3) is 6.20. The maximum absolute atomic E-state index is 13.7. The molecule has 1 saturated heterocycles. The molecule has 14 nitrogen and oxygen atoms in total. The number of H-pyrrole nitrogens is 1. The van der Waals surface area contributed by atoms with Gasteiger partial charge in [-0.05, 0) is 32.9 Å². The highest BCUT2D eigenvalue weighted by molar-refractivity contribution is 8.00. The Hall–Kier alpha value is -2.94. The number of rotatable bonds is 10. The number of aliphatic hydroxyl groups excluding tert-OH is 2. The summed E-state index contributed by atoms with van der Waals surface area (Å²) in [6.45, 7) is 4.50. The molecule has 0 radical (unpaired) electrons. The third-order valence-corrected chi connectivity index (χ3v) is 8.69. The molecular weight excluding hydrogens is 539 g/mol. The summed E-state index contributed by atoms with van der Waals surface area (Å²) in [5.41, 5.74) is 5.27. The molecule has 1 aliphatic rings. The number of hydrogen-bond donors (Lipinski definition) is 5. The first-order valence-corrected chi connectivity index (χ1v) is 14.2. The number of anilines is 1. The van der Waals surface area contributed by atoms with Gasteiger partial charge in [0.15, 0.2) is 11.2 Å². The number of nitrogens with zero attached hydrogens (tertiary/aromatic N) is 3. The van der Waals surface area contributed by atoms with Crippen molar-refractivity contribution in [2.24, 2.45) is 0 Å². The average Bonchev–Trinajstić information content (AvgIpc) is 3.39. The van der Waals surface area contributed by atoms with E-state index in [-0.39, 0.29) is 35.6 Å². The molecule has 6 atom stereocenters. The Labute approximate surface area is 221 Å². The van der Waals surface area contributed by atoms with Gasteiger partial charge in [0.05, 0.1) is 30.4 Å². The van der Waals surface area contributed by atoms with Crippen LogP contribution < -0.4 is 20.9 Å². The maximum atomic E-state index is 13.7. The Kier molecular flexibility index (Phi) is 8.45. The number of carbonyl (C=O) groups is 1. The average molecular weight is 569 g/mol. The number of aromatic nitrogens is 4. The molecule has 3 aromatic rings. The molecule has 0 spiro atoms. The van der Waals surface area contributed by atoms with Crippen LogP contribution in [-0.2, 0) is 18.6 Å². The van der Waals surface area contributed by atoms with Crippen molar-refractivity contribution in [3.05, 3.63) is 47.0 Å². The van der Waals surface area contributed by atoms with Crippen molar-refractivity contribution < 1.29 is 33.4 Å². The summed E-state index contributed by atoms with van der Waals surface area (Å²) in [7, 11) is -4.18. The van der Waals surface area contributed by atoms with Crippen molar-refractivity contribution in [2.75, 3.05) is 12.3 Å². The van der Waals surface area contributed by atoms with Crippen LogP contribution in [0, 0.1) is 0 Å². The minimum atomic E-state index is -4.18. The zero-order valence-electron chi connectivity index (χ0n) is 20.8. The number of fused-ring (bicyclic) bond motifs is 1. The molecule has 4 rings (SSSR count). The molecule has 6 N–H and O–H groups in total. The van der Waals surface area contributed by atoms with Gasteiger partial charge in [-0.15, -0.1) is 11.8 Å². The van der Waals surface area contributed by atoms with Gasteiger partial charge in [0, 0.05) is 0 Å². The number of benzene rings is 1. The van der Waals surface area contributed by atoms with Gasteiger partial charge in [-0.1, -0.05) is 18.2 Å². The van der Waals surface area contributed by atoms with E-state index in [0.717, 1.165) is 11.8 Å². The number of thioether (sulfide) groups is 1. The van der Waals surface area contributed by atoms with E-state index < -0.39 is 48.1 Å². The summed E-state index contributed by atoms with van der Waals surface area (Å²) in [4.78, 5) is 34.9. The van der Waals surface area contributed by atoms with Gasteiger partial charge in [0.1, 0.15) is 23.3 Å². The molecule has 1 aromatic carbocycles. The van der Waals surface area contributed by atoms with Crippen molar-refractivity contribution in [3.63, 3.8) is 0 Å². The highest BCUT2D eigenvalue weighted by Gasteiger charge is 2.45. The van der Waals surface area contributed by atoms with E-state index in [9.17, 15) is 24.4 Å². The van der Waals surface area contributed by atoms with Crippen molar-refractivity contribution in [2.45, 2.75) is 55.7 Å². The van der Waals surface area contributed by atoms with Crippen molar-refractivity contribution in [3.8, 4) is 5.75 Å². The summed E-state index contributed by atoms with van der Waals surface area (Å²) in [5, 5.41) is 22.5. The van der Waals surface area contributed by atoms with E-state index in [1.807, 2.05) is 0 Å². The molecule has 38 heavy (non-hydrogen) atoms. The Morgan fingerprint density at radius 2 is 1.97 bits per heavy atom. The first-order chi connectivity index (χ1) is 18.0. The van der Waals surface area contributed by atoms with E-state index in [2.05, 4.69) is 20.0 Å². The number of ether oxygens (including phenoxy) is 1. The van der Waals surface area contributed by atoms with Gasteiger partial charge >= 0.3 is 13.7 Å². The predicted molar refractivity (Wildman–Crippen MR) is 139 cm³/mol. The number of nitrogens with two attached hydrogens (primary N) is 1. The van der Waals surface area contributed by atoms with Gasteiger partial charge in [-0.3, -0.25) is 23.7 Å². The molecule has 1 fully saturated rings. The zero-order valence-corrected chi connectivity index (χ0v) is 22.5. The van der Waals surface area contributed by atoms with Crippen LogP contribution in [0.25, 0.3) is 11.2 Å². The molecule has 16 heteroatoms. The Balaban J connectivity index is 1.52. The second-order valence-corrected chi connectivity index (χ2v) is 11.9. The summed E-state index contributed by atoms with van der Waals surface area (Å²) < 4.78 is 31.6. The second kappa shape index (κ2) is 11.4. The standard InChI is InChI=1S/C22H29N6O8PS/c1-11(2)35-21(32)12(3)27-37(33,36-13-7-5-4-6-8-13)34-9-14-16(29)17(30)20(38-14)28-10-24-15-18(28)25-22(23)26-19(15)31/h4-8,10-12,14,16-17,20,29-30H,9H2,1-3H3,(H,27,33)(H3,23,25,26,31)/t12-,14+,16?,17?,20+,37-/m0/s1. The maximum Gasteiger partial charge on any atom is 0.459 e. The van der Waals surface area contributed by atoms with E-state index >= 15 is 0 Å². The minimum Gasteiger partial charge on any atom is -0.462 e. The molecular formula is C22H29N6O8PS. The van der Waals surface area contributed by atoms with Gasteiger partial charge in [-0.25, -0.2) is 9.55 Å². The third-order valence-electron chi connectivity index (χ3n) is 5.50. The lowest BCUT2D eigenvalue weighted by Gasteiger charge is -2.25. The SMILES string of the molecule is CC(C)OC(=O)[C@H](C)N[P@](=O)(OC[C@H]1S[C@@H](n2cnc3c(=O)[nH]c(N)nc32)C(O)C1O)Oc1ccccc1. The second-order valence-electron chi connectivity index (χ2n) is 8.86. The lowest BCUT2D eigenvalue weighted by Crippen LogP contribution is -2.37. The van der Waals surface area contributed by atoms with Crippen LogP contribution in [0.15, 0.2) is 41.5 Å². The monoisotopic (exact) mass is 568 g/mol. The van der Waals surface area contributed by atoms with Crippen LogP contribution >= 0.6 is 19.5 Å². The molecule has 1 aliphatic heterocycles. The molecule has 3 heterocycles. The molecule has 0 amide bonds. The fraction of sp³-hybridized carbons (Fsp3) is 0.455. The van der Waals surface area contributed by atoms with Crippen LogP contribution in [0.1, 0.15) is 26.1 Å². The minimum absolute atomic E-state index is 0.0217. The van der Waals surface area contributed by atoms with E-state index in [0.29, 0.717) is 0 Å². The normalized spacial score (nSPS) is 23.8. The highest BCUT2D eigenvalue weighted by atomic mass is 32.2. The summed E-state index contributed by atoms with van der Waals surface area (Å²) in [5.74, 6) is -0.554. The van der Waals surface area contributed by atoms with Gasteiger partial charge in [0.2, 0.25) is 5.95 Å². The molecule has 206 valence electrons. The van der Waals surface area contributed by atoms with Gasteiger partial charge in [-0.2, -0.15) is 10.1 Å². The molecule has 0 saturated carbocycles. The number of carbonyl (C=O) groups excluding carboxylic acids is 1. The van der Waals surface area contributed by atoms with Crippen LogP contribution in [0.5, 0.6) is 5.75 Å². The number of hydrogen-bond acceptors (Lipinski definition) is 12. The Morgan fingerprint density at radius 3 is 2.66 bits per heavy atom. The van der Waals surface area contributed by atoms with E-state index in [1.54, 1.807) is 44.2 Å². The lowest BCUT2D eigenvalue weighted by molar-refractivity contribution is -0.149. The van der Waals surface area contributed by atoms with Crippen LogP contribution in [0.3, 0.4) is 0 Å². The van der Waals surface area contributed by atoms with Crippen molar-refractivity contribution in [1.29, 1.82) is 0 Å². The number of imidazole rings is 1. The number of esters is 1. The Bertz CT molecular complexity index is 1390. The van der Waals surface area contributed by atoms with E-state index in [1.165, 1.54) is 17.8 Å². The number of nitrogens with one attached hydrogen (secondary N) is 2. The first-order valence-electron chi connectivity index (χ1n) is 11.7. The van der Waals surface area contributed by atoms with Crippen LogP contribution in [0.2, 0.25) is 0 Å². The van der Waals surface area contributed by atoms with Crippen LogP contribution in [0.4, 0.5) is 5.95 Å². The predicted octanol–water partition coefficient (Wildman–Crippen LogP) is 1.17. The first kappa shape index (κ1) is 28.1. The summed E-state index contributed by atoms with van der Waals surface area (Å²) in [6.07, 6.45) is -1.69. The van der Waals surface area contributed by atoms with Crippen LogP contribution in [-0.4, -0.2) is 71.9 Å². The smallest absolute Gasteiger partial charge is 0.459 e. The molecule has 0 aliphatic carbocycles. The fourth-order valence-corrected chi connectivity index (χ4v) is 6.78. The largest absolute Gasteiger partial charge is 0.462 e. The zero-order chi connectivity index (χ0) is 27.6. The van der Waals surface area contributed by atoms with Crippen molar-refractivity contribution in [1.82, 2.24) is 24.6 Å². The summed E-state index contributed by atoms with van der Waals surface area (Å²) >= 11 is 1.10. The fourth-order valence-electron chi connectivity index (χ4n) is 3.73. The number of para-hydroxylation sites is 1. The Morgan fingerprint density at radius 1 is 1.26 bits per heavy atom. The molecule has 2 aromatic heterocycles. The number of aliphatic hydroxyl groups is 2. The van der Waals surface area contributed by atoms with Gasteiger partial charge in [0.25, 0.3) is 5.56 Å². The number of nitrogen functional groups attached to an aromatic ring is 1. The number of aromatic amines is 1. The van der Waals surface area contributed by atoms with E-state index in [4.69, 9.17) is 19.5 Å². The topological polar surface area (TPSA) is 204 Å². The quantitative estimate of drug-likeness (QED) is 0.172. The highest BCUT2D eigenvalue weighted by Crippen LogP contribution is 2.48. The lowest BCUT2D eigenvalue weighted by atomic mass is 10.1. The van der Waals surface area contributed by atoms with Gasteiger partial charge < -0.3 is 25.2 Å². The van der Waals surface area contributed by atoms with Crippen molar-refractivity contribution >= 4 is 42.6 Å².